The number of nitrogens with zero attached hydrogens (tertiary/aromatic N) is 1. The van der Waals surface area contributed by atoms with E-state index >= 15 is 0 Å². The van der Waals surface area contributed by atoms with Crippen LogP contribution in [0.5, 0.6) is 0 Å². The number of rotatable bonds is 5. The molecular weight excluding hydrogens is 242 g/mol. The van der Waals surface area contributed by atoms with Crippen LogP contribution in [0.25, 0.3) is 0 Å². The highest BCUT2D eigenvalue weighted by molar-refractivity contribution is 5.51. The van der Waals surface area contributed by atoms with Crippen LogP contribution in [-0.2, 0) is 13.1 Å². The zero-order chi connectivity index (χ0) is 13.7. The summed E-state index contributed by atoms with van der Waals surface area (Å²) in [6.45, 7) is 1.14. The number of non-ortho nitro benzene ring substituents is 1. The predicted molar refractivity (Wildman–Crippen MR) is 74.8 cm³/mol. The van der Waals surface area contributed by atoms with Crippen molar-refractivity contribution in [2.75, 3.05) is 5.32 Å². The summed E-state index contributed by atoms with van der Waals surface area (Å²) < 4.78 is 0. The van der Waals surface area contributed by atoms with Crippen molar-refractivity contribution < 1.29 is 4.92 Å². The summed E-state index contributed by atoms with van der Waals surface area (Å²) in [5.74, 6) is 0. The van der Waals surface area contributed by atoms with Gasteiger partial charge in [0.1, 0.15) is 0 Å². The van der Waals surface area contributed by atoms with Crippen LogP contribution in [0.4, 0.5) is 11.4 Å². The number of hydrogen-bond donors (Lipinski definition) is 2. The highest BCUT2D eigenvalue weighted by Crippen LogP contribution is 2.17. The Hall–Kier alpha value is -2.40. The maximum atomic E-state index is 10.7. The lowest BCUT2D eigenvalue weighted by atomic mass is 10.1. The third-order valence-corrected chi connectivity index (χ3v) is 2.81. The molecule has 0 saturated carbocycles. The van der Waals surface area contributed by atoms with Gasteiger partial charge < -0.3 is 11.1 Å². The molecule has 0 aliphatic carbocycles. The van der Waals surface area contributed by atoms with E-state index in [1.54, 1.807) is 12.1 Å². The molecule has 0 aromatic heterocycles. The molecule has 0 atom stereocenters. The lowest BCUT2D eigenvalue weighted by molar-refractivity contribution is -0.384. The molecule has 19 heavy (non-hydrogen) atoms. The Morgan fingerprint density at radius 3 is 2.42 bits per heavy atom. The Kier molecular flexibility index (Phi) is 4.10. The fraction of sp³-hybridized carbons (Fsp3) is 0.143. The molecule has 2 rings (SSSR count). The smallest absolute Gasteiger partial charge is 0.271 e. The van der Waals surface area contributed by atoms with Crippen LogP contribution in [-0.4, -0.2) is 4.92 Å². The van der Waals surface area contributed by atoms with Crippen molar-refractivity contribution in [2.45, 2.75) is 13.1 Å². The van der Waals surface area contributed by atoms with Crippen LogP contribution in [0.2, 0.25) is 0 Å². The Bertz CT molecular complexity index is 567. The maximum Gasteiger partial charge on any atom is 0.271 e. The SMILES string of the molecule is NCc1ccc(CNc2cccc([N+](=O)[O-])c2)cc1. The fourth-order valence-electron chi connectivity index (χ4n) is 1.73. The lowest BCUT2D eigenvalue weighted by Gasteiger charge is -2.07. The second-order valence-electron chi connectivity index (χ2n) is 4.18. The maximum absolute atomic E-state index is 10.7. The van der Waals surface area contributed by atoms with Crippen LogP contribution in [0.15, 0.2) is 48.5 Å². The first-order valence-electron chi connectivity index (χ1n) is 5.95. The van der Waals surface area contributed by atoms with Gasteiger partial charge in [-0.2, -0.15) is 0 Å². The minimum Gasteiger partial charge on any atom is -0.381 e. The molecule has 0 amide bonds. The Balaban J connectivity index is 2.01. The van der Waals surface area contributed by atoms with Crippen molar-refractivity contribution >= 4 is 11.4 Å². The second kappa shape index (κ2) is 5.97. The van der Waals surface area contributed by atoms with Gasteiger partial charge in [-0.05, 0) is 17.2 Å². The molecule has 0 bridgehead atoms. The average Bonchev–Trinajstić information content (AvgIpc) is 2.46. The highest BCUT2D eigenvalue weighted by atomic mass is 16.6. The van der Waals surface area contributed by atoms with Gasteiger partial charge >= 0.3 is 0 Å². The van der Waals surface area contributed by atoms with E-state index in [0.717, 1.165) is 16.8 Å². The number of nitrogens with two attached hydrogens (primary N) is 1. The van der Waals surface area contributed by atoms with Gasteiger partial charge in [0.2, 0.25) is 0 Å². The van der Waals surface area contributed by atoms with Crippen LogP contribution in [0.3, 0.4) is 0 Å². The molecule has 5 heteroatoms. The average molecular weight is 257 g/mol. The molecule has 0 aliphatic heterocycles. The van der Waals surface area contributed by atoms with E-state index in [4.69, 9.17) is 5.73 Å². The molecule has 98 valence electrons. The first-order valence-corrected chi connectivity index (χ1v) is 5.95. The van der Waals surface area contributed by atoms with Gasteiger partial charge in [-0.15, -0.1) is 0 Å². The Morgan fingerprint density at radius 2 is 1.79 bits per heavy atom. The largest absolute Gasteiger partial charge is 0.381 e. The predicted octanol–water partition coefficient (Wildman–Crippen LogP) is 2.67. The lowest BCUT2D eigenvalue weighted by Crippen LogP contribution is -2.01. The van der Waals surface area contributed by atoms with E-state index in [1.807, 2.05) is 24.3 Å². The van der Waals surface area contributed by atoms with Crippen molar-refractivity contribution in [2.24, 2.45) is 5.73 Å². The van der Waals surface area contributed by atoms with Crippen molar-refractivity contribution in [3.63, 3.8) is 0 Å². The molecule has 0 aliphatic rings. The first kappa shape index (κ1) is 13.0. The van der Waals surface area contributed by atoms with Gasteiger partial charge in [-0.1, -0.05) is 30.3 Å². The van der Waals surface area contributed by atoms with Gasteiger partial charge in [0.15, 0.2) is 0 Å². The molecule has 0 unspecified atom stereocenters. The molecule has 5 nitrogen and oxygen atoms in total. The summed E-state index contributed by atoms with van der Waals surface area (Å²) in [5.41, 5.74) is 8.53. The summed E-state index contributed by atoms with van der Waals surface area (Å²) in [4.78, 5) is 10.3. The van der Waals surface area contributed by atoms with Crippen molar-refractivity contribution in [3.05, 3.63) is 69.8 Å². The van der Waals surface area contributed by atoms with Crippen molar-refractivity contribution in [3.8, 4) is 0 Å². The molecule has 0 fully saturated rings. The minimum absolute atomic E-state index is 0.0866. The van der Waals surface area contributed by atoms with E-state index in [-0.39, 0.29) is 5.69 Å². The van der Waals surface area contributed by atoms with E-state index in [1.165, 1.54) is 12.1 Å². The van der Waals surface area contributed by atoms with E-state index in [2.05, 4.69) is 5.32 Å². The molecule has 0 radical (unpaired) electrons. The third kappa shape index (κ3) is 3.53. The topological polar surface area (TPSA) is 81.2 Å². The highest BCUT2D eigenvalue weighted by Gasteiger charge is 2.05. The molecule has 3 N–H and O–H groups in total. The van der Waals surface area contributed by atoms with Gasteiger partial charge in [-0.25, -0.2) is 0 Å². The summed E-state index contributed by atoms with van der Waals surface area (Å²) in [6.07, 6.45) is 0. The van der Waals surface area contributed by atoms with Crippen LogP contribution < -0.4 is 11.1 Å². The number of hydrogen-bond acceptors (Lipinski definition) is 4. The standard InChI is InChI=1S/C14H15N3O2/c15-9-11-4-6-12(7-5-11)10-16-13-2-1-3-14(8-13)17(18)19/h1-8,16H,9-10,15H2. The van der Waals surface area contributed by atoms with Gasteiger partial charge in [0, 0.05) is 30.9 Å². The number of nitrogens with one attached hydrogen (secondary N) is 1. The minimum atomic E-state index is -0.402. The van der Waals surface area contributed by atoms with E-state index in [9.17, 15) is 10.1 Å². The zero-order valence-electron chi connectivity index (χ0n) is 10.4. The van der Waals surface area contributed by atoms with Crippen molar-refractivity contribution in [1.82, 2.24) is 0 Å². The Morgan fingerprint density at radius 1 is 1.11 bits per heavy atom. The summed E-state index contributed by atoms with van der Waals surface area (Å²) in [5, 5.41) is 13.8. The number of nitro benzene ring substituents is 1. The van der Waals surface area contributed by atoms with Crippen LogP contribution in [0.1, 0.15) is 11.1 Å². The molecule has 2 aromatic carbocycles. The van der Waals surface area contributed by atoms with Crippen LogP contribution >= 0.6 is 0 Å². The summed E-state index contributed by atoms with van der Waals surface area (Å²) in [6, 6.07) is 14.4. The summed E-state index contributed by atoms with van der Waals surface area (Å²) >= 11 is 0. The monoisotopic (exact) mass is 257 g/mol. The number of benzene rings is 2. The fourth-order valence-corrected chi connectivity index (χ4v) is 1.73. The van der Waals surface area contributed by atoms with Gasteiger partial charge in [0.25, 0.3) is 5.69 Å². The number of anilines is 1. The molecular formula is C14H15N3O2. The quantitative estimate of drug-likeness (QED) is 0.637. The van der Waals surface area contributed by atoms with Gasteiger partial charge in [0.05, 0.1) is 4.92 Å². The Labute approximate surface area is 111 Å². The molecule has 0 saturated heterocycles. The molecule has 0 heterocycles. The van der Waals surface area contributed by atoms with Crippen molar-refractivity contribution in [1.29, 1.82) is 0 Å². The first-order chi connectivity index (χ1) is 9.19. The van der Waals surface area contributed by atoms with Crippen LogP contribution in [0, 0.1) is 10.1 Å². The molecule has 2 aromatic rings. The van der Waals surface area contributed by atoms with E-state index in [0.29, 0.717) is 13.1 Å². The number of nitro groups is 1. The normalized spacial score (nSPS) is 10.2. The second-order valence-corrected chi connectivity index (χ2v) is 4.18. The zero-order valence-corrected chi connectivity index (χ0v) is 10.4. The molecule has 0 spiro atoms. The third-order valence-electron chi connectivity index (χ3n) is 2.81. The van der Waals surface area contributed by atoms with Gasteiger partial charge in [-0.3, -0.25) is 10.1 Å². The summed E-state index contributed by atoms with van der Waals surface area (Å²) in [7, 11) is 0. The van der Waals surface area contributed by atoms with E-state index < -0.39 is 4.92 Å².